The van der Waals surface area contributed by atoms with E-state index in [1.54, 1.807) is 30.3 Å². The molecule has 0 saturated heterocycles. The number of aromatic carboxylic acids is 1. The second-order valence-electron chi connectivity index (χ2n) is 3.86. The third-order valence-electron chi connectivity index (χ3n) is 2.48. The molecule has 1 N–H and O–H groups in total. The minimum atomic E-state index is -0.950. The molecule has 0 aromatic heterocycles. The molecule has 0 aliphatic rings. The van der Waals surface area contributed by atoms with Crippen molar-refractivity contribution in [3.05, 3.63) is 63.9 Å². The summed E-state index contributed by atoms with van der Waals surface area (Å²) in [6.45, 7) is 0. The maximum absolute atomic E-state index is 12.8. The molecule has 2 nitrogen and oxygen atoms in total. The van der Waals surface area contributed by atoms with E-state index < -0.39 is 5.97 Å². The average molecular weight is 341 g/mol. The Hall–Kier alpha value is -1.33. The van der Waals surface area contributed by atoms with Crippen LogP contribution in [-0.2, 0) is 5.75 Å². The van der Waals surface area contributed by atoms with Gasteiger partial charge >= 0.3 is 5.97 Å². The lowest BCUT2D eigenvalue weighted by Crippen LogP contribution is -1.98. The van der Waals surface area contributed by atoms with Crippen molar-refractivity contribution in [2.24, 2.45) is 0 Å². The van der Waals surface area contributed by atoms with Crippen molar-refractivity contribution in [1.29, 1.82) is 0 Å². The van der Waals surface area contributed by atoms with Crippen molar-refractivity contribution in [1.82, 2.24) is 0 Å². The summed E-state index contributed by atoms with van der Waals surface area (Å²) in [6, 6.07) is 11.2. The Balaban J connectivity index is 2.16. The number of hydrogen-bond acceptors (Lipinski definition) is 2. The molecule has 0 amide bonds. The maximum atomic E-state index is 12.8. The first-order valence-corrected chi connectivity index (χ1v) is 7.24. The van der Waals surface area contributed by atoms with Crippen molar-refractivity contribution >= 4 is 33.7 Å². The Bertz CT molecular complexity index is 599. The van der Waals surface area contributed by atoms with Crippen molar-refractivity contribution < 1.29 is 14.3 Å². The molecule has 0 aliphatic carbocycles. The number of thioether (sulfide) groups is 1. The first-order valence-electron chi connectivity index (χ1n) is 5.46. The molecule has 0 heterocycles. The van der Waals surface area contributed by atoms with E-state index in [0.29, 0.717) is 10.6 Å². The van der Waals surface area contributed by atoms with Crippen molar-refractivity contribution in [2.75, 3.05) is 0 Å². The molecule has 0 atom stereocenters. The summed E-state index contributed by atoms with van der Waals surface area (Å²) in [5, 5.41) is 9.11. The van der Waals surface area contributed by atoms with Gasteiger partial charge in [0.05, 0.1) is 5.56 Å². The van der Waals surface area contributed by atoms with E-state index in [9.17, 15) is 9.18 Å². The van der Waals surface area contributed by atoms with Gasteiger partial charge in [0.15, 0.2) is 0 Å². The Morgan fingerprint density at radius 2 is 1.89 bits per heavy atom. The molecule has 2 aromatic rings. The van der Waals surface area contributed by atoms with Gasteiger partial charge in [0, 0.05) is 15.1 Å². The number of carbonyl (C=O) groups is 1. The van der Waals surface area contributed by atoms with Crippen LogP contribution in [0.25, 0.3) is 0 Å². The zero-order chi connectivity index (χ0) is 13.8. The average Bonchev–Trinajstić information content (AvgIpc) is 2.38. The van der Waals surface area contributed by atoms with Crippen LogP contribution >= 0.6 is 27.7 Å². The van der Waals surface area contributed by atoms with Crippen molar-refractivity contribution in [3.8, 4) is 0 Å². The molecule has 19 heavy (non-hydrogen) atoms. The zero-order valence-electron chi connectivity index (χ0n) is 9.77. The van der Waals surface area contributed by atoms with Gasteiger partial charge in [-0.05, 0) is 35.9 Å². The number of carboxylic acid groups (broad SMARTS) is 1. The molecule has 0 fully saturated rings. The predicted molar refractivity (Wildman–Crippen MR) is 77.1 cm³/mol. The molecule has 0 bridgehead atoms. The first-order chi connectivity index (χ1) is 9.06. The van der Waals surface area contributed by atoms with Gasteiger partial charge in [-0.1, -0.05) is 28.1 Å². The third-order valence-corrected chi connectivity index (χ3v) is 4.10. The summed E-state index contributed by atoms with van der Waals surface area (Å²) in [5.74, 6) is -0.631. The molecule has 98 valence electrons. The van der Waals surface area contributed by atoms with E-state index >= 15 is 0 Å². The van der Waals surface area contributed by atoms with Gasteiger partial charge < -0.3 is 5.11 Å². The van der Waals surface area contributed by atoms with Crippen LogP contribution in [0, 0.1) is 5.82 Å². The monoisotopic (exact) mass is 340 g/mol. The Labute approximate surface area is 122 Å². The highest BCUT2D eigenvalue weighted by Gasteiger charge is 2.11. The van der Waals surface area contributed by atoms with Gasteiger partial charge in [0.1, 0.15) is 5.82 Å². The van der Waals surface area contributed by atoms with E-state index in [2.05, 4.69) is 15.9 Å². The van der Waals surface area contributed by atoms with E-state index in [1.807, 2.05) is 0 Å². The van der Waals surface area contributed by atoms with Crippen molar-refractivity contribution in [2.45, 2.75) is 10.6 Å². The topological polar surface area (TPSA) is 37.3 Å². The summed E-state index contributed by atoms with van der Waals surface area (Å²) in [7, 11) is 0. The van der Waals surface area contributed by atoms with Gasteiger partial charge in [0.25, 0.3) is 0 Å². The van der Waals surface area contributed by atoms with Crippen LogP contribution in [-0.4, -0.2) is 11.1 Å². The van der Waals surface area contributed by atoms with Crippen LogP contribution in [0.1, 0.15) is 15.9 Å². The SMILES string of the molecule is O=C(O)c1ccc(Br)cc1SCc1ccc(F)cc1. The quantitative estimate of drug-likeness (QED) is 0.827. The van der Waals surface area contributed by atoms with Gasteiger partial charge in [0.2, 0.25) is 0 Å². The Kier molecular flexibility index (Phi) is 4.61. The fourth-order valence-corrected chi connectivity index (χ4v) is 3.08. The number of rotatable bonds is 4. The van der Waals surface area contributed by atoms with Crippen LogP contribution in [0.15, 0.2) is 51.8 Å². The van der Waals surface area contributed by atoms with E-state index in [-0.39, 0.29) is 11.4 Å². The zero-order valence-corrected chi connectivity index (χ0v) is 12.2. The molecule has 0 spiro atoms. The summed E-state index contributed by atoms with van der Waals surface area (Å²) in [5.41, 5.74) is 1.22. The second kappa shape index (κ2) is 6.21. The van der Waals surface area contributed by atoms with Crippen LogP contribution in [0.2, 0.25) is 0 Å². The minimum Gasteiger partial charge on any atom is -0.478 e. The van der Waals surface area contributed by atoms with Crippen LogP contribution < -0.4 is 0 Å². The van der Waals surface area contributed by atoms with Gasteiger partial charge in [-0.15, -0.1) is 11.8 Å². The lowest BCUT2D eigenvalue weighted by molar-refractivity contribution is 0.0693. The molecular weight excluding hydrogens is 331 g/mol. The largest absolute Gasteiger partial charge is 0.478 e. The van der Waals surface area contributed by atoms with E-state index in [0.717, 1.165) is 10.0 Å². The predicted octanol–water partition coefficient (Wildman–Crippen LogP) is 4.58. The molecule has 0 saturated carbocycles. The number of carboxylic acids is 1. The van der Waals surface area contributed by atoms with Gasteiger partial charge in [-0.25, -0.2) is 9.18 Å². The lowest BCUT2D eigenvalue weighted by Gasteiger charge is -2.06. The molecular formula is C14H10BrFO2S. The highest BCUT2D eigenvalue weighted by molar-refractivity contribution is 9.10. The molecule has 0 radical (unpaired) electrons. The minimum absolute atomic E-state index is 0.273. The number of hydrogen-bond donors (Lipinski definition) is 1. The molecule has 2 rings (SSSR count). The highest BCUT2D eigenvalue weighted by atomic mass is 79.9. The van der Waals surface area contributed by atoms with Crippen LogP contribution in [0.5, 0.6) is 0 Å². The van der Waals surface area contributed by atoms with Crippen LogP contribution in [0.4, 0.5) is 4.39 Å². The molecule has 2 aromatic carbocycles. The summed E-state index contributed by atoms with van der Waals surface area (Å²) < 4.78 is 13.6. The van der Waals surface area contributed by atoms with Crippen molar-refractivity contribution in [3.63, 3.8) is 0 Å². The van der Waals surface area contributed by atoms with Gasteiger partial charge in [-0.2, -0.15) is 0 Å². The summed E-state index contributed by atoms with van der Waals surface area (Å²) in [6.07, 6.45) is 0. The van der Waals surface area contributed by atoms with E-state index in [1.165, 1.54) is 23.9 Å². The fraction of sp³-hybridized carbons (Fsp3) is 0.0714. The summed E-state index contributed by atoms with van der Waals surface area (Å²) >= 11 is 4.74. The van der Waals surface area contributed by atoms with E-state index in [4.69, 9.17) is 5.11 Å². The third kappa shape index (κ3) is 3.81. The Morgan fingerprint density at radius 1 is 1.21 bits per heavy atom. The van der Waals surface area contributed by atoms with Gasteiger partial charge in [-0.3, -0.25) is 0 Å². The fourth-order valence-electron chi connectivity index (χ4n) is 1.53. The normalized spacial score (nSPS) is 10.4. The highest BCUT2D eigenvalue weighted by Crippen LogP contribution is 2.29. The standard InChI is InChI=1S/C14H10BrFO2S/c15-10-3-6-12(14(17)18)13(7-10)19-8-9-1-4-11(16)5-2-9/h1-7H,8H2,(H,17,18). The number of benzene rings is 2. The maximum Gasteiger partial charge on any atom is 0.336 e. The Morgan fingerprint density at radius 3 is 2.53 bits per heavy atom. The summed E-state index contributed by atoms with van der Waals surface area (Å²) in [4.78, 5) is 11.8. The van der Waals surface area contributed by atoms with Crippen LogP contribution in [0.3, 0.4) is 0 Å². The molecule has 0 aliphatic heterocycles. The smallest absolute Gasteiger partial charge is 0.336 e. The molecule has 5 heteroatoms. The molecule has 0 unspecified atom stereocenters. The number of halogens is 2. The lowest BCUT2D eigenvalue weighted by atomic mass is 10.2. The first kappa shape index (κ1) is 14.1. The second-order valence-corrected chi connectivity index (χ2v) is 5.79.